The molecule has 16 heavy (non-hydrogen) atoms. The number of benzene rings is 1. The second kappa shape index (κ2) is 5.90. The van der Waals surface area contributed by atoms with E-state index in [0.717, 1.165) is 0 Å². The first kappa shape index (κ1) is 12.2. The average molecular weight is 221 g/mol. The van der Waals surface area contributed by atoms with Crippen molar-refractivity contribution in [1.29, 1.82) is 0 Å². The third-order valence-electron chi connectivity index (χ3n) is 2.04. The van der Waals surface area contributed by atoms with Gasteiger partial charge >= 0.3 is 5.97 Å². The Morgan fingerprint density at radius 3 is 2.38 bits per heavy atom. The normalized spacial score (nSPS) is 9.62. The molecule has 4 nitrogen and oxygen atoms in total. The van der Waals surface area contributed by atoms with Crippen LogP contribution in [-0.4, -0.2) is 25.0 Å². The summed E-state index contributed by atoms with van der Waals surface area (Å²) in [5.74, 6) is -0.583. The molecular weight excluding hydrogens is 206 g/mol. The Labute approximate surface area is 94.8 Å². The van der Waals surface area contributed by atoms with E-state index >= 15 is 0 Å². The average Bonchev–Trinajstić information content (AvgIpc) is 2.27. The Bertz CT molecular complexity index is 362. The van der Waals surface area contributed by atoms with Gasteiger partial charge in [0.15, 0.2) is 0 Å². The minimum atomic E-state index is -0.401. The van der Waals surface area contributed by atoms with Crippen LogP contribution in [0, 0.1) is 0 Å². The minimum absolute atomic E-state index is 0.0484. The highest BCUT2D eigenvalue weighted by atomic mass is 16.5. The summed E-state index contributed by atoms with van der Waals surface area (Å²) in [5, 5.41) is 0. The Balaban J connectivity index is 2.77. The smallest absolute Gasteiger partial charge is 0.326 e. The van der Waals surface area contributed by atoms with Gasteiger partial charge in [-0.25, -0.2) is 0 Å². The standard InChI is InChI=1S/C12H15NO3/c1-3-16-12(15)9-13(10(2)14)11-7-5-4-6-8-11/h4-8H,3,9H2,1-2H3. The van der Waals surface area contributed by atoms with Crippen molar-refractivity contribution in [3.05, 3.63) is 30.3 Å². The summed E-state index contributed by atoms with van der Waals surface area (Å²) < 4.78 is 4.81. The number of hydrogen-bond acceptors (Lipinski definition) is 3. The monoisotopic (exact) mass is 221 g/mol. The second-order valence-electron chi connectivity index (χ2n) is 3.25. The molecule has 0 aromatic heterocycles. The fourth-order valence-corrected chi connectivity index (χ4v) is 1.33. The van der Waals surface area contributed by atoms with E-state index in [1.165, 1.54) is 11.8 Å². The largest absolute Gasteiger partial charge is 0.465 e. The van der Waals surface area contributed by atoms with E-state index in [2.05, 4.69) is 0 Å². The number of amides is 1. The van der Waals surface area contributed by atoms with Crippen molar-refractivity contribution in [2.45, 2.75) is 13.8 Å². The van der Waals surface area contributed by atoms with Gasteiger partial charge in [-0.05, 0) is 19.1 Å². The summed E-state index contributed by atoms with van der Waals surface area (Å²) in [4.78, 5) is 24.1. The molecule has 0 atom stereocenters. The van der Waals surface area contributed by atoms with Crippen LogP contribution >= 0.6 is 0 Å². The topological polar surface area (TPSA) is 46.6 Å². The summed E-state index contributed by atoms with van der Waals surface area (Å²) in [6.45, 7) is 3.43. The van der Waals surface area contributed by atoms with Crippen molar-refractivity contribution in [2.75, 3.05) is 18.1 Å². The van der Waals surface area contributed by atoms with Crippen molar-refractivity contribution in [1.82, 2.24) is 0 Å². The van der Waals surface area contributed by atoms with Gasteiger partial charge in [0.25, 0.3) is 0 Å². The van der Waals surface area contributed by atoms with Crippen molar-refractivity contribution in [3.8, 4) is 0 Å². The summed E-state index contributed by atoms with van der Waals surface area (Å²) in [7, 11) is 0. The number of esters is 1. The number of anilines is 1. The fraction of sp³-hybridized carbons (Fsp3) is 0.333. The molecule has 0 fully saturated rings. The van der Waals surface area contributed by atoms with E-state index < -0.39 is 5.97 Å². The molecule has 0 saturated heterocycles. The fourth-order valence-electron chi connectivity index (χ4n) is 1.33. The van der Waals surface area contributed by atoms with Crippen molar-refractivity contribution < 1.29 is 14.3 Å². The molecule has 0 aliphatic carbocycles. The molecule has 1 rings (SSSR count). The summed E-state index contributed by atoms with van der Waals surface area (Å²) in [6, 6.07) is 9.04. The van der Waals surface area contributed by atoms with E-state index in [1.54, 1.807) is 19.1 Å². The van der Waals surface area contributed by atoms with E-state index in [9.17, 15) is 9.59 Å². The van der Waals surface area contributed by atoms with Crippen LogP contribution in [0.1, 0.15) is 13.8 Å². The molecule has 1 aromatic rings. The number of hydrogen-bond donors (Lipinski definition) is 0. The van der Waals surface area contributed by atoms with Crippen LogP contribution in [0.25, 0.3) is 0 Å². The molecule has 1 aromatic carbocycles. The van der Waals surface area contributed by atoms with Gasteiger partial charge in [0.2, 0.25) is 5.91 Å². The van der Waals surface area contributed by atoms with Crippen LogP contribution in [-0.2, 0) is 14.3 Å². The van der Waals surface area contributed by atoms with Crippen LogP contribution in [0.2, 0.25) is 0 Å². The molecule has 0 spiro atoms. The van der Waals surface area contributed by atoms with Gasteiger partial charge < -0.3 is 9.64 Å². The van der Waals surface area contributed by atoms with E-state index in [1.807, 2.05) is 18.2 Å². The lowest BCUT2D eigenvalue weighted by Gasteiger charge is -2.19. The summed E-state index contributed by atoms with van der Waals surface area (Å²) in [6.07, 6.45) is 0. The maximum Gasteiger partial charge on any atom is 0.326 e. The van der Waals surface area contributed by atoms with E-state index in [0.29, 0.717) is 12.3 Å². The number of carbonyl (C=O) groups excluding carboxylic acids is 2. The maximum atomic E-state index is 11.4. The van der Waals surface area contributed by atoms with Crippen LogP contribution in [0.3, 0.4) is 0 Å². The van der Waals surface area contributed by atoms with Gasteiger partial charge in [-0.15, -0.1) is 0 Å². The molecule has 0 N–H and O–H groups in total. The molecule has 0 radical (unpaired) electrons. The van der Waals surface area contributed by atoms with Gasteiger partial charge in [0.05, 0.1) is 6.61 Å². The lowest BCUT2D eigenvalue weighted by Crippen LogP contribution is -2.34. The molecule has 0 bridgehead atoms. The lowest BCUT2D eigenvalue weighted by atomic mass is 10.3. The number of ether oxygens (including phenoxy) is 1. The number of para-hydroxylation sites is 1. The first-order chi connectivity index (χ1) is 7.65. The van der Waals surface area contributed by atoms with Gasteiger partial charge in [0.1, 0.15) is 6.54 Å². The minimum Gasteiger partial charge on any atom is -0.465 e. The van der Waals surface area contributed by atoms with Gasteiger partial charge in [-0.2, -0.15) is 0 Å². The maximum absolute atomic E-state index is 11.4. The SMILES string of the molecule is CCOC(=O)CN(C(C)=O)c1ccccc1. The Morgan fingerprint density at radius 2 is 1.88 bits per heavy atom. The van der Waals surface area contributed by atoms with Gasteiger partial charge in [0, 0.05) is 12.6 Å². The summed E-state index contributed by atoms with van der Waals surface area (Å²) >= 11 is 0. The summed E-state index contributed by atoms with van der Waals surface area (Å²) in [5.41, 5.74) is 0.697. The van der Waals surface area contributed by atoms with Crippen LogP contribution in [0.15, 0.2) is 30.3 Å². The molecule has 86 valence electrons. The van der Waals surface area contributed by atoms with Crippen molar-refractivity contribution >= 4 is 17.6 Å². The zero-order valence-corrected chi connectivity index (χ0v) is 9.47. The third-order valence-corrected chi connectivity index (χ3v) is 2.04. The van der Waals surface area contributed by atoms with E-state index in [4.69, 9.17) is 4.74 Å². The van der Waals surface area contributed by atoms with Crippen LogP contribution in [0.5, 0.6) is 0 Å². The van der Waals surface area contributed by atoms with Crippen molar-refractivity contribution in [2.24, 2.45) is 0 Å². The predicted molar refractivity (Wildman–Crippen MR) is 61.1 cm³/mol. The Hall–Kier alpha value is -1.84. The Kier molecular flexibility index (Phi) is 4.51. The van der Waals surface area contributed by atoms with E-state index in [-0.39, 0.29) is 12.5 Å². The third kappa shape index (κ3) is 3.38. The van der Waals surface area contributed by atoms with Gasteiger partial charge in [-0.3, -0.25) is 9.59 Å². The molecule has 0 aliphatic heterocycles. The number of nitrogens with zero attached hydrogens (tertiary/aromatic N) is 1. The Morgan fingerprint density at radius 1 is 1.25 bits per heavy atom. The zero-order chi connectivity index (χ0) is 12.0. The first-order valence-corrected chi connectivity index (χ1v) is 5.14. The second-order valence-corrected chi connectivity index (χ2v) is 3.25. The van der Waals surface area contributed by atoms with Crippen molar-refractivity contribution in [3.63, 3.8) is 0 Å². The highest BCUT2D eigenvalue weighted by Crippen LogP contribution is 2.13. The number of carbonyl (C=O) groups is 2. The molecule has 0 heterocycles. The molecule has 0 saturated carbocycles. The molecule has 0 unspecified atom stereocenters. The zero-order valence-electron chi connectivity index (χ0n) is 9.47. The first-order valence-electron chi connectivity index (χ1n) is 5.14. The van der Waals surface area contributed by atoms with Crippen LogP contribution in [0.4, 0.5) is 5.69 Å². The number of rotatable bonds is 4. The molecule has 1 amide bonds. The highest BCUT2D eigenvalue weighted by molar-refractivity contribution is 5.96. The van der Waals surface area contributed by atoms with Crippen LogP contribution < -0.4 is 4.90 Å². The molecule has 4 heteroatoms. The quantitative estimate of drug-likeness (QED) is 0.725. The highest BCUT2D eigenvalue weighted by Gasteiger charge is 2.15. The van der Waals surface area contributed by atoms with Gasteiger partial charge in [-0.1, -0.05) is 18.2 Å². The lowest BCUT2D eigenvalue weighted by molar-refractivity contribution is -0.142. The predicted octanol–water partition coefficient (Wildman–Crippen LogP) is 1.60. The molecule has 0 aliphatic rings. The molecular formula is C12H15NO3.